The van der Waals surface area contributed by atoms with Crippen LogP contribution in [0.2, 0.25) is 0 Å². The Kier molecular flexibility index (Phi) is 3.22. The molecule has 0 radical (unpaired) electrons. The van der Waals surface area contributed by atoms with Crippen LogP contribution < -0.4 is 5.73 Å². The van der Waals surface area contributed by atoms with E-state index < -0.39 is 0 Å². The fourth-order valence-corrected chi connectivity index (χ4v) is 3.12. The number of aryl methyl sites for hydroxylation is 1. The third-order valence-corrected chi connectivity index (χ3v) is 4.13. The first-order valence-corrected chi connectivity index (χ1v) is 7.28. The standard InChI is InChI=1S/C17H15BrN2/c1-10-8-13-15(19)11(2)16(12-6-4-3-5-7-12)20-17(13)14(18)9-10/h3-9H,1-2H3,(H2,19,20). The van der Waals surface area contributed by atoms with E-state index in [0.717, 1.165) is 37.9 Å². The largest absolute Gasteiger partial charge is 0.398 e. The number of fused-ring (bicyclic) bond motifs is 1. The topological polar surface area (TPSA) is 38.9 Å². The van der Waals surface area contributed by atoms with Gasteiger partial charge in [-0.2, -0.15) is 0 Å². The van der Waals surface area contributed by atoms with Crippen molar-refractivity contribution in [2.75, 3.05) is 5.73 Å². The summed E-state index contributed by atoms with van der Waals surface area (Å²) in [6.45, 7) is 4.09. The molecule has 0 atom stereocenters. The van der Waals surface area contributed by atoms with Gasteiger partial charge in [0.25, 0.3) is 0 Å². The van der Waals surface area contributed by atoms with E-state index in [0.29, 0.717) is 0 Å². The molecule has 1 heterocycles. The third-order valence-electron chi connectivity index (χ3n) is 3.53. The number of halogens is 1. The van der Waals surface area contributed by atoms with Crippen LogP contribution in [0, 0.1) is 13.8 Å². The lowest BCUT2D eigenvalue weighted by molar-refractivity contribution is 1.32. The fraction of sp³-hybridized carbons (Fsp3) is 0.118. The van der Waals surface area contributed by atoms with Crippen LogP contribution in [-0.4, -0.2) is 4.98 Å². The van der Waals surface area contributed by atoms with E-state index in [1.54, 1.807) is 0 Å². The molecule has 0 aliphatic rings. The number of pyridine rings is 1. The zero-order chi connectivity index (χ0) is 14.3. The Balaban J connectivity index is 2.39. The summed E-state index contributed by atoms with van der Waals surface area (Å²) in [6, 6.07) is 14.3. The Morgan fingerprint density at radius 3 is 2.45 bits per heavy atom. The van der Waals surface area contributed by atoms with Crippen LogP contribution in [0.5, 0.6) is 0 Å². The molecule has 0 amide bonds. The van der Waals surface area contributed by atoms with Gasteiger partial charge < -0.3 is 5.73 Å². The number of anilines is 1. The number of nitrogen functional groups attached to an aromatic ring is 1. The van der Waals surface area contributed by atoms with Crippen molar-refractivity contribution in [3.05, 3.63) is 58.1 Å². The first-order chi connectivity index (χ1) is 9.58. The SMILES string of the molecule is Cc1cc(Br)c2nc(-c3ccccc3)c(C)c(N)c2c1. The molecule has 2 nitrogen and oxygen atoms in total. The molecule has 0 unspecified atom stereocenters. The van der Waals surface area contributed by atoms with Crippen LogP contribution in [0.1, 0.15) is 11.1 Å². The Hall–Kier alpha value is -1.87. The van der Waals surface area contributed by atoms with Crippen molar-refractivity contribution < 1.29 is 0 Å². The molecule has 0 fully saturated rings. The molecule has 3 aromatic rings. The normalized spacial score (nSPS) is 10.9. The molecule has 0 aliphatic heterocycles. The van der Waals surface area contributed by atoms with Crippen LogP contribution in [0.4, 0.5) is 5.69 Å². The monoisotopic (exact) mass is 326 g/mol. The van der Waals surface area contributed by atoms with Gasteiger partial charge in [0.15, 0.2) is 0 Å². The van der Waals surface area contributed by atoms with E-state index in [4.69, 9.17) is 10.7 Å². The number of rotatable bonds is 1. The van der Waals surface area contributed by atoms with Crippen LogP contribution in [-0.2, 0) is 0 Å². The molecular formula is C17H15BrN2. The second-order valence-electron chi connectivity index (χ2n) is 5.01. The molecule has 2 aromatic carbocycles. The summed E-state index contributed by atoms with van der Waals surface area (Å²) in [5.74, 6) is 0. The maximum atomic E-state index is 6.33. The molecule has 0 bridgehead atoms. The van der Waals surface area contributed by atoms with Gasteiger partial charge in [0.1, 0.15) is 0 Å². The van der Waals surface area contributed by atoms with Crippen molar-refractivity contribution in [3.8, 4) is 11.3 Å². The van der Waals surface area contributed by atoms with E-state index in [9.17, 15) is 0 Å². The summed E-state index contributed by atoms with van der Waals surface area (Å²) >= 11 is 3.60. The zero-order valence-electron chi connectivity index (χ0n) is 11.4. The smallest absolute Gasteiger partial charge is 0.0872 e. The summed E-state index contributed by atoms with van der Waals surface area (Å²) in [5, 5.41) is 1.01. The predicted molar refractivity (Wildman–Crippen MR) is 88.8 cm³/mol. The van der Waals surface area contributed by atoms with Crippen LogP contribution in [0.15, 0.2) is 46.9 Å². The Labute approximate surface area is 126 Å². The summed E-state index contributed by atoms with van der Waals surface area (Å²) in [6.07, 6.45) is 0. The van der Waals surface area contributed by atoms with Gasteiger partial charge in [-0.15, -0.1) is 0 Å². The molecule has 0 saturated heterocycles. The lowest BCUT2D eigenvalue weighted by Crippen LogP contribution is -1.99. The van der Waals surface area contributed by atoms with Gasteiger partial charge in [-0.3, -0.25) is 0 Å². The van der Waals surface area contributed by atoms with Crippen molar-refractivity contribution in [3.63, 3.8) is 0 Å². The number of nitrogens with zero attached hydrogens (tertiary/aromatic N) is 1. The Morgan fingerprint density at radius 1 is 1.05 bits per heavy atom. The highest BCUT2D eigenvalue weighted by atomic mass is 79.9. The van der Waals surface area contributed by atoms with Gasteiger partial charge in [0.2, 0.25) is 0 Å². The van der Waals surface area contributed by atoms with Crippen molar-refractivity contribution in [2.45, 2.75) is 13.8 Å². The summed E-state index contributed by atoms with van der Waals surface area (Å²) in [5.41, 5.74) is 12.3. The van der Waals surface area contributed by atoms with E-state index in [-0.39, 0.29) is 0 Å². The van der Waals surface area contributed by atoms with Crippen LogP contribution in [0.3, 0.4) is 0 Å². The molecular weight excluding hydrogens is 312 g/mol. The number of hydrogen-bond donors (Lipinski definition) is 1. The molecule has 0 aliphatic carbocycles. The minimum absolute atomic E-state index is 0.804. The lowest BCUT2D eigenvalue weighted by Gasteiger charge is -2.13. The number of aromatic nitrogens is 1. The molecule has 3 heteroatoms. The predicted octanol–water partition coefficient (Wildman–Crippen LogP) is 4.86. The summed E-state index contributed by atoms with van der Waals surface area (Å²) < 4.78 is 0.983. The van der Waals surface area contributed by atoms with Gasteiger partial charge in [-0.05, 0) is 53.0 Å². The quantitative estimate of drug-likeness (QED) is 0.693. The minimum Gasteiger partial charge on any atom is -0.398 e. The molecule has 1 aromatic heterocycles. The van der Waals surface area contributed by atoms with E-state index in [2.05, 4.69) is 47.1 Å². The zero-order valence-corrected chi connectivity index (χ0v) is 13.0. The molecule has 0 spiro atoms. The molecule has 20 heavy (non-hydrogen) atoms. The number of benzene rings is 2. The number of hydrogen-bond acceptors (Lipinski definition) is 2. The highest BCUT2D eigenvalue weighted by Gasteiger charge is 2.13. The second-order valence-corrected chi connectivity index (χ2v) is 5.86. The maximum absolute atomic E-state index is 6.33. The third kappa shape index (κ3) is 2.08. The van der Waals surface area contributed by atoms with Crippen LogP contribution >= 0.6 is 15.9 Å². The summed E-state index contributed by atoms with van der Waals surface area (Å²) in [7, 11) is 0. The van der Waals surface area contributed by atoms with Crippen molar-refractivity contribution in [1.29, 1.82) is 0 Å². The molecule has 3 rings (SSSR count). The molecule has 0 saturated carbocycles. The van der Waals surface area contributed by atoms with Crippen molar-refractivity contribution in [1.82, 2.24) is 4.98 Å². The van der Waals surface area contributed by atoms with E-state index >= 15 is 0 Å². The highest BCUT2D eigenvalue weighted by Crippen LogP contribution is 2.34. The van der Waals surface area contributed by atoms with Crippen LogP contribution in [0.25, 0.3) is 22.2 Å². The maximum Gasteiger partial charge on any atom is 0.0872 e. The highest BCUT2D eigenvalue weighted by molar-refractivity contribution is 9.10. The average Bonchev–Trinajstić information content (AvgIpc) is 2.44. The molecule has 100 valence electrons. The molecule has 2 N–H and O–H groups in total. The van der Waals surface area contributed by atoms with Gasteiger partial charge in [-0.25, -0.2) is 4.98 Å². The van der Waals surface area contributed by atoms with E-state index in [1.807, 2.05) is 25.1 Å². The van der Waals surface area contributed by atoms with E-state index in [1.165, 1.54) is 5.56 Å². The average molecular weight is 327 g/mol. The fourth-order valence-electron chi connectivity index (χ4n) is 2.46. The van der Waals surface area contributed by atoms with Gasteiger partial charge in [-0.1, -0.05) is 30.3 Å². The number of nitrogens with two attached hydrogens (primary N) is 1. The lowest BCUT2D eigenvalue weighted by atomic mass is 10.0. The first-order valence-electron chi connectivity index (χ1n) is 6.49. The van der Waals surface area contributed by atoms with Crippen molar-refractivity contribution in [2.24, 2.45) is 0 Å². The van der Waals surface area contributed by atoms with Crippen molar-refractivity contribution >= 4 is 32.5 Å². The minimum atomic E-state index is 0.804. The second kappa shape index (κ2) is 4.91. The van der Waals surface area contributed by atoms with Gasteiger partial charge in [0, 0.05) is 21.1 Å². The Bertz CT molecular complexity index is 795. The van der Waals surface area contributed by atoms with Gasteiger partial charge >= 0.3 is 0 Å². The van der Waals surface area contributed by atoms with Gasteiger partial charge in [0.05, 0.1) is 11.2 Å². The first kappa shape index (κ1) is 13.1. The summed E-state index contributed by atoms with van der Waals surface area (Å²) in [4.78, 5) is 4.82. The Morgan fingerprint density at radius 2 is 1.75 bits per heavy atom.